The van der Waals surface area contributed by atoms with Crippen molar-refractivity contribution in [1.29, 1.82) is 0 Å². The van der Waals surface area contributed by atoms with Crippen molar-refractivity contribution in [3.8, 4) is 0 Å². The van der Waals surface area contributed by atoms with Crippen molar-refractivity contribution < 1.29 is 171 Å². The van der Waals surface area contributed by atoms with Crippen LogP contribution in [0.5, 0.6) is 0 Å². The van der Waals surface area contributed by atoms with Crippen molar-refractivity contribution >= 4 is 96.4 Å². The van der Waals surface area contributed by atoms with E-state index in [0.29, 0.717) is 25.7 Å². The normalized spacial score (nSPS) is 16.9. The molecule has 120 heavy (non-hydrogen) atoms. The monoisotopic (exact) mass is 1700 g/mol. The van der Waals surface area contributed by atoms with Crippen LogP contribution in [0.1, 0.15) is 86.5 Å². The van der Waals surface area contributed by atoms with Gasteiger partial charge in [0.2, 0.25) is 6.79 Å². The highest BCUT2D eigenvalue weighted by Crippen LogP contribution is 2.43. The van der Waals surface area contributed by atoms with Gasteiger partial charge < -0.3 is 116 Å². The van der Waals surface area contributed by atoms with E-state index in [9.17, 15) is 76.7 Å². The smallest absolute Gasteiger partial charge is 0.462 e. The molecule has 0 radical (unpaired) electrons. The van der Waals surface area contributed by atoms with Crippen LogP contribution in [0.4, 0.5) is 28.8 Å². The summed E-state index contributed by atoms with van der Waals surface area (Å²) in [5, 5.41) is 11.1. The van der Waals surface area contributed by atoms with Crippen LogP contribution in [0.2, 0.25) is 0 Å². The standard InChI is InChI=1S/C80H110N4O36/c1-17-57(85)108-43-77(44-109-58(86)18-2,39-101-40-78(45-110-59(87)19-3,46-111-60(88)20-4)47-112-61(89)21-5)27-28-103-69(97)83-75(15)36-56(34-74(13,14)37-75)82-68(96)119-54-120-72(100)107-32-31-106-71(99)105-30-29-104-67(95)81-55-33-73(11,12)38-76(16,35-55)84-70(98)118-53-80(51-116-65(93)25-9,52-117-66(94)26-10)42-102-41-79(48-113-62(90)22-6,49-114-63(91)23-7)50-115-64(92)24-8/h17-26,55-56H,1-10,27-54H2,11-16H3,(H,81,95)(H,82,96)(H,83,97)(H,84,98). The van der Waals surface area contributed by atoms with Crippen LogP contribution in [-0.2, 0) is 143 Å². The lowest BCUT2D eigenvalue weighted by atomic mass is 9.67. The number of carbonyl (C=O) groups excluding carboxylic acids is 16. The second kappa shape index (κ2) is 51.8. The molecule has 2 fully saturated rings. The Morgan fingerprint density at radius 3 is 0.800 bits per heavy atom. The van der Waals surface area contributed by atoms with E-state index >= 15 is 0 Å². The van der Waals surface area contributed by atoms with Gasteiger partial charge in [0.25, 0.3) is 0 Å². The highest BCUT2D eigenvalue weighted by Gasteiger charge is 2.47. The summed E-state index contributed by atoms with van der Waals surface area (Å²) in [5.41, 5.74) is -9.76. The van der Waals surface area contributed by atoms with Crippen molar-refractivity contribution in [2.45, 2.75) is 110 Å². The second-order valence-electron chi connectivity index (χ2n) is 30.0. The number of alkyl carbamates (subject to hydrolysis) is 4. The molecular formula is C80H110N4O36. The molecule has 2 saturated carbocycles. The van der Waals surface area contributed by atoms with Crippen LogP contribution in [0.15, 0.2) is 127 Å². The predicted molar refractivity (Wildman–Crippen MR) is 415 cm³/mol. The third kappa shape index (κ3) is 41.7. The molecule has 4 amide bonds. The molecule has 666 valence electrons. The summed E-state index contributed by atoms with van der Waals surface area (Å²) in [6.07, 6.45) is 3.53. The number of hydrogen-bond acceptors (Lipinski definition) is 36. The Morgan fingerprint density at radius 1 is 0.275 bits per heavy atom. The summed E-state index contributed by atoms with van der Waals surface area (Å²) < 4.78 is 107. The highest BCUT2D eigenvalue weighted by atomic mass is 16.8. The lowest BCUT2D eigenvalue weighted by Gasteiger charge is -2.46. The van der Waals surface area contributed by atoms with Gasteiger partial charge in [0.15, 0.2) is 0 Å². The van der Waals surface area contributed by atoms with Crippen LogP contribution >= 0.6 is 0 Å². The number of carbonyl (C=O) groups is 16. The van der Waals surface area contributed by atoms with Crippen molar-refractivity contribution in [2.24, 2.45) is 32.5 Å². The first-order chi connectivity index (χ1) is 56.5. The second-order valence-corrected chi connectivity index (χ2v) is 30.0. The molecule has 40 heteroatoms. The first-order valence-corrected chi connectivity index (χ1v) is 37.0. The molecule has 0 saturated heterocycles. The number of esters is 10. The van der Waals surface area contributed by atoms with Crippen LogP contribution in [0.25, 0.3) is 0 Å². The van der Waals surface area contributed by atoms with Crippen molar-refractivity contribution in [1.82, 2.24) is 21.3 Å². The lowest BCUT2D eigenvalue weighted by molar-refractivity contribution is -0.169. The first-order valence-electron chi connectivity index (χ1n) is 37.0. The molecule has 0 aliphatic heterocycles. The third-order valence-corrected chi connectivity index (χ3v) is 17.5. The van der Waals surface area contributed by atoms with E-state index < -0.39 is 291 Å². The molecular weight excluding hydrogens is 1590 g/mol. The number of amides is 4. The highest BCUT2D eigenvalue weighted by molar-refractivity contribution is 5.85. The molecule has 40 nitrogen and oxygen atoms in total. The minimum Gasteiger partial charge on any atom is -0.462 e. The van der Waals surface area contributed by atoms with Gasteiger partial charge in [-0.1, -0.05) is 93.5 Å². The van der Waals surface area contributed by atoms with Gasteiger partial charge in [-0.05, 0) is 69.6 Å². The third-order valence-electron chi connectivity index (χ3n) is 17.5. The molecule has 4 atom stereocenters. The van der Waals surface area contributed by atoms with Crippen LogP contribution in [0, 0.1) is 32.5 Å². The molecule has 0 aromatic heterocycles. The van der Waals surface area contributed by atoms with Gasteiger partial charge in [-0.2, -0.15) is 0 Å². The zero-order chi connectivity index (χ0) is 90.2. The van der Waals surface area contributed by atoms with Crippen LogP contribution < -0.4 is 21.3 Å². The van der Waals surface area contributed by atoms with Gasteiger partial charge in [0.1, 0.15) is 99.1 Å². The van der Waals surface area contributed by atoms with Crippen LogP contribution in [0.3, 0.4) is 0 Å². The van der Waals surface area contributed by atoms with Gasteiger partial charge in [0, 0.05) is 83.9 Å². The van der Waals surface area contributed by atoms with Gasteiger partial charge in [-0.25, -0.2) is 76.7 Å². The van der Waals surface area contributed by atoms with E-state index in [4.69, 9.17) is 94.7 Å². The number of hydrogen-bond donors (Lipinski definition) is 4. The Bertz CT molecular complexity index is 3510. The predicted octanol–water partition coefficient (Wildman–Crippen LogP) is 6.49. The minimum atomic E-state index is -1.74. The van der Waals surface area contributed by atoms with Gasteiger partial charge in [0.05, 0.1) is 54.7 Å². The topological polar surface area (TPSA) is 506 Å². The van der Waals surface area contributed by atoms with E-state index in [2.05, 4.69) is 87.1 Å². The fourth-order valence-electron chi connectivity index (χ4n) is 12.5. The largest absolute Gasteiger partial charge is 0.511 e. The maximum atomic E-state index is 13.9. The summed E-state index contributed by atoms with van der Waals surface area (Å²) in [4.78, 5) is 202. The lowest BCUT2D eigenvalue weighted by Crippen LogP contribution is -2.58. The Balaban J connectivity index is 2.02. The number of rotatable bonds is 55. The first kappa shape index (κ1) is 104. The van der Waals surface area contributed by atoms with Crippen molar-refractivity contribution in [2.75, 3.05) is 139 Å². The summed E-state index contributed by atoms with van der Waals surface area (Å²) in [6.45, 7) is 32.6. The van der Waals surface area contributed by atoms with E-state index in [1.54, 1.807) is 13.8 Å². The quantitative estimate of drug-likeness (QED) is 0.0166. The Kier molecular flexibility index (Phi) is 44.7. The van der Waals surface area contributed by atoms with E-state index in [1.165, 1.54) is 0 Å². The van der Waals surface area contributed by atoms with Gasteiger partial charge in [-0.15, -0.1) is 0 Å². The number of nitrogens with one attached hydrogen (secondary N) is 4. The zero-order valence-corrected chi connectivity index (χ0v) is 68.5. The Morgan fingerprint density at radius 2 is 0.508 bits per heavy atom. The minimum absolute atomic E-state index is 0.116. The zero-order valence-electron chi connectivity index (χ0n) is 68.5. The molecule has 2 aliphatic rings. The summed E-state index contributed by atoms with van der Waals surface area (Å²) >= 11 is 0. The summed E-state index contributed by atoms with van der Waals surface area (Å²) in [5.74, 6) is -9.12. The maximum Gasteiger partial charge on any atom is 0.511 e. The molecule has 2 aliphatic carbocycles. The van der Waals surface area contributed by atoms with Gasteiger partial charge in [-0.3, -0.25) is 0 Å². The van der Waals surface area contributed by atoms with E-state index in [-0.39, 0.29) is 19.3 Å². The SMILES string of the molecule is C=CC(=O)OCC(CCOC(=O)NC1(C)CC(NC(=O)OCOC(=O)OCCOC(=O)OCCOC(=O)NC2CC(C)(C)CC(C)(NC(=O)OCC(COCC(COC(=O)C=C)(COC(=O)C=C)COC(=O)C=C)(COC(=O)C=C)COC(=O)C=C)C2)CC(C)(C)C1)(COCC(COC(=O)C=C)(COC(=O)C=C)COC(=O)C=C)COC(=O)C=C. The summed E-state index contributed by atoms with van der Waals surface area (Å²) in [7, 11) is 0. The molecule has 4 unspecified atom stereocenters. The molecule has 0 spiro atoms. The van der Waals surface area contributed by atoms with Gasteiger partial charge >= 0.3 is 96.4 Å². The Hall–Kier alpha value is -12.4. The van der Waals surface area contributed by atoms with Crippen molar-refractivity contribution in [3.63, 3.8) is 0 Å². The molecule has 0 heterocycles. The molecule has 2 rings (SSSR count). The van der Waals surface area contributed by atoms with Crippen molar-refractivity contribution in [3.05, 3.63) is 127 Å². The summed E-state index contributed by atoms with van der Waals surface area (Å²) in [6, 6.07) is -1.27. The number of ether oxygens (including phenoxy) is 20. The fourth-order valence-corrected chi connectivity index (χ4v) is 12.5. The average Bonchev–Trinajstić information content (AvgIpc) is 0.796. The molecule has 0 aromatic rings. The molecule has 0 bridgehead atoms. The fraction of sp³-hybridized carbons (Fsp3) is 0.550. The van der Waals surface area contributed by atoms with Crippen LogP contribution in [-0.4, -0.2) is 258 Å². The Labute approximate surface area is 694 Å². The van der Waals surface area contributed by atoms with E-state index in [1.807, 2.05) is 27.7 Å². The molecule has 4 N–H and O–H groups in total. The molecule has 0 aromatic carbocycles. The van der Waals surface area contributed by atoms with E-state index in [0.717, 1.165) is 60.8 Å². The maximum absolute atomic E-state index is 13.9. The average molecular weight is 1700 g/mol.